The van der Waals surface area contributed by atoms with Crippen molar-refractivity contribution in [3.05, 3.63) is 60.4 Å². The molecule has 0 aliphatic carbocycles. The number of nitrogens with zero attached hydrogens (tertiary/aromatic N) is 2. The predicted molar refractivity (Wildman–Crippen MR) is 74.0 cm³/mol. The van der Waals surface area contributed by atoms with E-state index in [0.717, 1.165) is 28.1 Å². The molecule has 1 N–H and O–H groups in total. The lowest BCUT2D eigenvalue weighted by molar-refractivity contribution is 1.20. The molecule has 2 heterocycles. The summed E-state index contributed by atoms with van der Waals surface area (Å²) in [5, 5.41) is 4.43. The highest BCUT2D eigenvalue weighted by atomic mass is 15.0. The number of hydrogen-bond acceptors (Lipinski definition) is 3. The summed E-state index contributed by atoms with van der Waals surface area (Å²) in [6, 6.07) is 16.1. The fourth-order valence-electron chi connectivity index (χ4n) is 1.91. The molecule has 0 atom stereocenters. The monoisotopic (exact) mass is 235 g/mol. The average molecular weight is 235 g/mol. The number of pyridine rings is 2. The highest BCUT2D eigenvalue weighted by Crippen LogP contribution is 2.18. The van der Waals surface area contributed by atoms with Crippen LogP contribution < -0.4 is 5.32 Å². The Morgan fingerprint density at radius 3 is 2.78 bits per heavy atom. The molecule has 0 bridgehead atoms. The van der Waals surface area contributed by atoms with Gasteiger partial charge in [-0.1, -0.05) is 18.2 Å². The molecule has 0 saturated heterocycles. The standard InChI is InChI=1S/C15H13N3/c1-11-10-13(8-9-16-11)17-15-7-6-12-4-2-3-5-14(12)18-15/h2-10H,1H3,(H,16,17,18). The van der Waals surface area contributed by atoms with Crippen molar-refractivity contribution < 1.29 is 0 Å². The lowest BCUT2D eigenvalue weighted by atomic mass is 10.2. The summed E-state index contributed by atoms with van der Waals surface area (Å²) in [5.41, 5.74) is 2.99. The van der Waals surface area contributed by atoms with Crippen LogP contribution in [0.15, 0.2) is 54.7 Å². The fraction of sp³-hybridized carbons (Fsp3) is 0.0667. The third kappa shape index (κ3) is 2.15. The number of hydrogen-bond donors (Lipinski definition) is 1. The van der Waals surface area contributed by atoms with Crippen LogP contribution in [0.4, 0.5) is 11.5 Å². The molecule has 0 aliphatic rings. The van der Waals surface area contributed by atoms with E-state index in [1.54, 1.807) is 6.20 Å². The Labute approximate surface area is 106 Å². The Kier molecular flexibility index (Phi) is 2.65. The third-order valence-electron chi connectivity index (χ3n) is 2.77. The van der Waals surface area contributed by atoms with Crippen LogP contribution in [0.1, 0.15) is 5.69 Å². The van der Waals surface area contributed by atoms with Crippen molar-refractivity contribution in [2.75, 3.05) is 5.32 Å². The number of aryl methyl sites for hydroxylation is 1. The smallest absolute Gasteiger partial charge is 0.131 e. The zero-order chi connectivity index (χ0) is 12.4. The maximum atomic E-state index is 4.57. The van der Waals surface area contributed by atoms with Gasteiger partial charge in [0.2, 0.25) is 0 Å². The van der Waals surface area contributed by atoms with Gasteiger partial charge in [0.15, 0.2) is 0 Å². The van der Waals surface area contributed by atoms with Crippen LogP contribution in [0, 0.1) is 6.92 Å². The minimum Gasteiger partial charge on any atom is -0.340 e. The van der Waals surface area contributed by atoms with Gasteiger partial charge in [-0.05, 0) is 37.3 Å². The summed E-state index contributed by atoms with van der Waals surface area (Å²) in [4.78, 5) is 8.74. The molecule has 0 radical (unpaired) electrons. The van der Waals surface area contributed by atoms with Gasteiger partial charge in [0.1, 0.15) is 5.82 Å². The van der Waals surface area contributed by atoms with Crippen molar-refractivity contribution in [1.82, 2.24) is 9.97 Å². The van der Waals surface area contributed by atoms with Gasteiger partial charge in [-0.2, -0.15) is 0 Å². The second-order valence-electron chi connectivity index (χ2n) is 4.20. The van der Waals surface area contributed by atoms with E-state index in [1.807, 2.05) is 43.3 Å². The first-order valence-corrected chi connectivity index (χ1v) is 5.87. The molecule has 1 aromatic carbocycles. The number of fused-ring (bicyclic) bond motifs is 1. The van der Waals surface area contributed by atoms with Gasteiger partial charge in [0.05, 0.1) is 5.52 Å². The second kappa shape index (κ2) is 4.45. The van der Waals surface area contributed by atoms with Crippen LogP contribution in [0.2, 0.25) is 0 Å². The van der Waals surface area contributed by atoms with E-state index >= 15 is 0 Å². The Bertz CT molecular complexity index is 692. The van der Waals surface area contributed by atoms with Crippen molar-refractivity contribution >= 4 is 22.4 Å². The molecule has 0 saturated carbocycles. The Morgan fingerprint density at radius 1 is 1.00 bits per heavy atom. The number of anilines is 2. The molecule has 0 fully saturated rings. The van der Waals surface area contributed by atoms with Gasteiger partial charge in [0, 0.05) is 23.0 Å². The van der Waals surface area contributed by atoms with Crippen LogP contribution in [0.5, 0.6) is 0 Å². The summed E-state index contributed by atoms with van der Waals surface area (Å²) in [5.74, 6) is 0.847. The van der Waals surface area contributed by atoms with Crippen LogP contribution in [0.25, 0.3) is 10.9 Å². The van der Waals surface area contributed by atoms with Crippen molar-refractivity contribution in [2.45, 2.75) is 6.92 Å². The van der Waals surface area contributed by atoms with Gasteiger partial charge >= 0.3 is 0 Å². The average Bonchev–Trinajstić information content (AvgIpc) is 2.39. The van der Waals surface area contributed by atoms with E-state index in [-0.39, 0.29) is 0 Å². The van der Waals surface area contributed by atoms with Crippen LogP contribution in [0.3, 0.4) is 0 Å². The number of rotatable bonds is 2. The SMILES string of the molecule is Cc1cc(Nc2ccc3ccccc3n2)ccn1. The number of aromatic nitrogens is 2. The van der Waals surface area contributed by atoms with E-state index < -0.39 is 0 Å². The van der Waals surface area contributed by atoms with Crippen LogP contribution in [-0.4, -0.2) is 9.97 Å². The maximum absolute atomic E-state index is 4.57. The quantitative estimate of drug-likeness (QED) is 0.736. The molecular formula is C15H13N3. The highest BCUT2D eigenvalue weighted by Gasteiger charge is 1.99. The van der Waals surface area contributed by atoms with E-state index in [2.05, 4.69) is 27.4 Å². The van der Waals surface area contributed by atoms with Crippen molar-refractivity contribution in [2.24, 2.45) is 0 Å². The highest BCUT2D eigenvalue weighted by molar-refractivity contribution is 5.80. The van der Waals surface area contributed by atoms with E-state index in [0.29, 0.717) is 0 Å². The van der Waals surface area contributed by atoms with Crippen molar-refractivity contribution in [1.29, 1.82) is 0 Å². The molecule has 18 heavy (non-hydrogen) atoms. The predicted octanol–water partition coefficient (Wildman–Crippen LogP) is 3.68. The molecule has 0 unspecified atom stereocenters. The zero-order valence-corrected chi connectivity index (χ0v) is 10.1. The Balaban J connectivity index is 1.95. The Hall–Kier alpha value is -2.42. The third-order valence-corrected chi connectivity index (χ3v) is 2.77. The molecule has 3 nitrogen and oxygen atoms in total. The minimum absolute atomic E-state index is 0.847. The summed E-state index contributed by atoms with van der Waals surface area (Å²) in [6.45, 7) is 1.97. The summed E-state index contributed by atoms with van der Waals surface area (Å²) in [6.07, 6.45) is 1.79. The van der Waals surface area contributed by atoms with Gasteiger partial charge in [-0.3, -0.25) is 4.98 Å². The van der Waals surface area contributed by atoms with E-state index in [9.17, 15) is 0 Å². The van der Waals surface area contributed by atoms with Gasteiger partial charge in [0.25, 0.3) is 0 Å². The summed E-state index contributed by atoms with van der Waals surface area (Å²) < 4.78 is 0. The molecule has 3 aromatic rings. The van der Waals surface area contributed by atoms with Gasteiger partial charge in [-0.15, -0.1) is 0 Å². The summed E-state index contributed by atoms with van der Waals surface area (Å²) in [7, 11) is 0. The Morgan fingerprint density at radius 2 is 1.89 bits per heavy atom. The first-order valence-electron chi connectivity index (χ1n) is 5.87. The lowest BCUT2D eigenvalue weighted by Crippen LogP contribution is -1.94. The minimum atomic E-state index is 0.847. The topological polar surface area (TPSA) is 37.8 Å². The molecule has 3 rings (SSSR count). The first kappa shape index (κ1) is 10.7. The molecule has 2 aromatic heterocycles. The summed E-state index contributed by atoms with van der Waals surface area (Å²) >= 11 is 0. The van der Waals surface area contributed by atoms with E-state index in [4.69, 9.17) is 0 Å². The van der Waals surface area contributed by atoms with E-state index in [1.165, 1.54) is 0 Å². The van der Waals surface area contributed by atoms with Gasteiger partial charge in [-0.25, -0.2) is 4.98 Å². The lowest BCUT2D eigenvalue weighted by Gasteiger charge is -2.06. The largest absolute Gasteiger partial charge is 0.340 e. The molecular weight excluding hydrogens is 222 g/mol. The van der Waals surface area contributed by atoms with Crippen molar-refractivity contribution in [3.8, 4) is 0 Å². The maximum Gasteiger partial charge on any atom is 0.131 e. The second-order valence-corrected chi connectivity index (χ2v) is 4.20. The zero-order valence-electron chi connectivity index (χ0n) is 10.1. The van der Waals surface area contributed by atoms with Gasteiger partial charge < -0.3 is 5.32 Å². The van der Waals surface area contributed by atoms with Crippen LogP contribution >= 0.6 is 0 Å². The number of benzene rings is 1. The van der Waals surface area contributed by atoms with Crippen molar-refractivity contribution in [3.63, 3.8) is 0 Å². The number of para-hydroxylation sites is 1. The fourth-order valence-corrected chi connectivity index (χ4v) is 1.91. The molecule has 0 spiro atoms. The normalized spacial score (nSPS) is 10.5. The van der Waals surface area contributed by atoms with Crippen LogP contribution in [-0.2, 0) is 0 Å². The molecule has 0 amide bonds. The number of nitrogens with one attached hydrogen (secondary N) is 1. The molecule has 88 valence electrons. The molecule has 0 aliphatic heterocycles. The molecule has 3 heteroatoms. The first-order chi connectivity index (χ1) is 8.81.